The molecule has 2 aliphatic rings. The van der Waals surface area contributed by atoms with E-state index in [0.717, 1.165) is 50.2 Å². The van der Waals surface area contributed by atoms with Crippen molar-refractivity contribution in [3.63, 3.8) is 0 Å². The van der Waals surface area contributed by atoms with E-state index in [4.69, 9.17) is 4.42 Å². The van der Waals surface area contributed by atoms with Crippen molar-refractivity contribution < 1.29 is 18.4 Å². The Morgan fingerprint density at radius 2 is 1.97 bits per heavy atom. The van der Waals surface area contributed by atoms with Crippen LogP contribution in [0.4, 0.5) is 4.39 Å². The van der Waals surface area contributed by atoms with Crippen molar-refractivity contribution in [2.45, 2.75) is 38.5 Å². The molecule has 2 aliphatic heterocycles. The number of pyridine rings is 1. The fourth-order valence-electron chi connectivity index (χ4n) is 5.53. The van der Waals surface area contributed by atoms with Crippen LogP contribution in [0.2, 0.25) is 0 Å². The number of hydrogen-bond acceptors (Lipinski definition) is 5. The molecule has 1 aromatic carbocycles. The number of piperidine rings is 1. The van der Waals surface area contributed by atoms with Crippen LogP contribution in [0.1, 0.15) is 49.8 Å². The highest BCUT2D eigenvalue weighted by atomic mass is 19.1. The van der Waals surface area contributed by atoms with E-state index in [1.165, 1.54) is 17.9 Å². The Balaban J connectivity index is 1.25. The molecule has 1 amide bonds. The molecular formula is C29H32FN3O3. The number of benzene rings is 1. The fraction of sp³-hybridized carbons (Fsp3) is 0.414. The van der Waals surface area contributed by atoms with Crippen LogP contribution in [0.5, 0.6) is 0 Å². The predicted octanol–water partition coefficient (Wildman–Crippen LogP) is 5.06. The minimum Gasteiger partial charge on any atom is -0.464 e. The monoisotopic (exact) mass is 489 g/mol. The Hall–Kier alpha value is -3.32. The lowest BCUT2D eigenvalue weighted by Crippen LogP contribution is -2.40. The second kappa shape index (κ2) is 10.7. The molecule has 0 radical (unpaired) electrons. The van der Waals surface area contributed by atoms with Crippen LogP contribution in [0.25, 0.3) is 16.5 Å². The maximum absolute atomic E-state index is 14.1. The Bertz CT molecular complexity index is 1260. The van der Waals surface area contributed by atoms with Crippen LogP contribution in [0, 0.1) is 11.7 Å². The summed E-state index contributed by atoms with van der Waals surface area (Å²) in [5, 5.41) is 0.515. The molecule has 7 heteroatoms. The number of ketones is 1. The summed E-state index contributed by atoms with van der Waals surface area (Å²) in [5.74, 6) is -0.220. The Kier molecular flexibility index (Phi) is 7.28. The summed E-state index contributed by atoms with van der Waals surface area (Å²) in [6.45, 7) is 5.31. The summed E-state index contributed by atoms with van der Waals surface area (Å²) in [4.78, 5) is 34.0. The van der Waals surface area contributed by atoms with E-state index in [1.54, 1.807) is 25.3 Å². The number of nitrogens with zero attached hydrogens (tertiary/aromatic N) is 3. The standard InChI is InChI=1S/C29H32FN3O3/c1-20(34)33-17-9-22(10-18-33)28(35)25(27-4-2-3-13-31-27)11-16-32-14-7-21(8-15-32)23-5-6-26(30)24-12-19-36-29(23)24/h2-7,12-13,19,22,25H,8-11,14-18H2,1H3. The smallest absolute Gasteiger partial charge is 0.219 e. The maximum Gasteiger partial charge on any atom is 0.219 e. The topological polar surface area (TPSA) is 66.7 Å². The summed E-state index contributed by atoms with van der Waals surface area (Å²) in [6, 6.07) is 10.7. The third kappa shape index (κ3) is 5.12. The zero-order valence-corrected chi connectivity index (χ0v) is 20.7. The molecule has 2 aromatic heterocycles. The van der Waals surface area contributed by atoms with Crippen LogP contribution in [0.3, 0.4) is 0 Å². The SMILES string of the molecule is CC(=O)N1CCC(C(=O)C(CCN2CC=C(c3ccc(F)c4ccoc34)CC2)c2ccccn2)CC1. The number of carbonyl (C=O) groups excluding carboxylic acids is 2. The number of Topliss-reactive ketones (excluding diaryl/α,β-unsaturated/α-hetero) is 1. The van der Waals surface area contributed by atoms with Crippen LogP contribution < -0.4 is 0 Å². The lowest BCUT2D eigenvalue weighted by molar-refractivity contribution is -0.133. The fourth-order valence-corrected chi connectivity index (χ4v) is 5.53. The molecule has 0 aliphatic carbocycles. The zero-order chi connectivity index (χ0) is 25.1. The molecule has 1 fully saturated rings. The summed E-state index contributed by atoms with van der Waals surface area (Å²) in [7, 11) is 0. The van der Waals surface area contributed by atoms with Gasteiger partial charge in [0, 0.05) is 50.8 Å². The second-order valence-electron chi connectivity index (χ2n) is 9.82. The number of likely N-dealkylation sites (tertiary alicyclic amines) is 1. The molecule has 0 bridgehead atoms. The molecule has 1 atom stereocenters. The Morgan fingerprint density at radius 1 is 1.14 bits per heavy atom. The van der Waals surface area contributed by atoms with Crippen molar-refractivity contribution >= 4 is 28.2 Å². The van der Waals surface area contributed by atoms with E-state index in [9.17, 15) is 14.0 Å². The number of rotatable bonds is 7. The highest BCUT2D eigenvalue weighted by Gasteiger charge is 2.32. The van der Waals surface area contributed by atoms with Crippen molar-refractivity contribution in [2.75, 3.05) is 32.7 Å². The largest absolute Gasteiger partial charge is 0.464 e. The van der Waals surface area contributed by atoms with E-state index in [-0.39, 0.29) is 29.3 Å². The molecule has 1 unspecified atom stereocenters. The number of fused-ring (bicyclic) bond motifs is 1. The lowest BCUT2D eigenvalue weighted by atomic mass is 9.82. The first-order valence-corrected chi connectivity index (χ1v) is 12.8. The first-order chi connectivity index (χ1) is 17.5. The summed E-state index contributed by atoms with van der Waals surface area (Å²) >= 11 is 0. The first kappa shape index (κ1) is 24.4. The van der Waals surface area contributed by atoms with Crippen LogP contribution in [0.15, 0.2) is 59.4 Å². The molecule has 36 heavy (non-hydrogen) atoms. The van der Waals surface area contributed by atoms with Crippen molar-refractivity contribution in [3.8, 4) is 0 Å². The van der Waals surface area contributed by atoms with Crippen molar-refractivity contribution in [1.82, 2.24) is 14.8 Å². The van der Waals surface area contributed by atoms with Gasteiger partial charge >= 0.3 is 0 Å². The van der Waals surface area contributed by atoms with Crippen molar-refractivity contribution in [2.24, 2.45) is 5.92 Å². The maximum atomic E-state index is 14.1. The second-order valence-corrected chi connectivity index (χ2v) is 9.82. The van der Waals surface area contributed by atoms with Gasteiger partial charge in [-0.1, -0.05) is 12.1 Å². The van der Waals surface area contributed by atoms with Gasteiger partial charge in [-0.15, -0.1) is 0 Å². The quantitative estimate of drug-likeness (QED) is 0.464. The number of hydrogen-bond donors (Lipinski definition) is 0. The van der Waals surface area contributed by atoms with Gasteiger partial charge in [0.1, 0.15) is 17.2 Å². The minimum absolute atomic E-state index is 0.0327. The number of aromatic nitrogens is 1. The Labute approximate surface area is 210 Å². The number of carbonyl (C=O) groups is 2. The normalized spacial score (nSPS) is 18.3. The summed E-state index contributed by atoms with van der Waals surface area (Å²) in [5.41, 5.74) is 3.55. The molecular weight excluding hydrogens is 457 g/mol. The van der Waals surface area contributed by atoms with Gasteiger partial charge < -0.3 is 9.32 Å². The first-order valence-electron chi connectivity index (χ1n) is 12.8. The predicted molar refractivity (Wildman–Crippen MR) is 137 cm³/mol. The highest BCUT2D eigenvalue weighted by Crippen LogP contribution is 2.32. The Morgan fingerprint density at radius 3 is 2.67 bits per heavy atom. The van der Waals surface area contributed by atoms with Gasteiger partial charge in [-0.05, 0) is 68.1 Å². The van der Waals surface area contributed by atoms with E-state index in [0.29, 0.717) is 30.5 Å². The summed E-state index contributed by atoms with van der Waals surface area (Å²) < 4.78 is 19.6. The van der Waals surface area contributed by atoms with Gasteiger partial charge in [0.05, 0.1) is 23.3 Å². The van der Waals surface area contributed by atoms with E-state index < -0.39 is 0 Å². The van der Waals surface area contributed by atoms with Gasteiger partial charge in [-0.2, -0.15) is 0 Å². The molecule has 188 valence electrons. The molecule has 5 rings (SSSR count). The van der Waals surface area contributed by atoms with Gasteiger partial charge in [0.2, 0.25) is 5.91 Å². The number of amides is 1. The minimum atomic E-state index is -0.266. The van der Waals surface area contributed by atoms with E-state index >= 15 is 0 Å². The van der Waals surface area contributed by atoms with Crippen LogP contribution in [-0.4, -0.2) is 59.2 Å². The van der Waals surface area contributed by atoms with Gasteiger partial charge in [0.15, 0.2) is 0 Å². The average Bonchev–Trinajstić information content (AvgIpc) is 3.41. The van der Waals surface area contributed by atoms with E-state index in [1.807, 2.05) is 23.1 Å². The average molecular weight is 490 g/mol. The lowest BCUT2D eigenvalue weighted by Gasteiger charge is -2.33. The van der Waals surface area contributed by atoms with Crippen LogP contribution >= 0.6 is 0 Å². The molecule has 6 nitrogen and oxygen atoms in total. The van der Waals surface area contributed by atoms with Crippen LogP contribution in [-0.2, 0) is 9.59 Å². The summed E-state index contributed by atoms with van der Waals surface area (Å²) in [6.07, 6.45) is 8.46. The van der Waals surface area contributed by atoms with Gasteiger partial charge in [-0.3, -0.25) is 19.5 Å². The van der Waals surface area contributed by atoms with Crippen molar-refractivity contribution in [3.05, 3.63) is 72.0 Å². The molecule has 0 N–H and O–H groups in total. The van der Waals surface area contributed by atoms with Gasteiger partial charge in [-0.25, -0.2) is 4.39 Å². The zero-order valence-electron chi connectivity index (χ0n) is 20.7. The number of halogens is 1. The molecule has 0 spiro atoms. The van der Waals surface area contributed by atoms with E-state index in [2.05, 4.69) is 16.0 Å². The molecule has 0 saturated carbocycles. The molecule has 1 saturated heterocycles. The third-order valence-corrected chi connectivity index (χ3v) is 7.67. The number of furan rings is 1. The molecule has 3 aromatic rings. The van der Waals surface area contributed by atoms with Gasteiger partial charge in [0.25, 0.3) is 0 Å². The molecule has 4 heterocycles. The highest BCUT2D eigenvalue weighted by molar-refractivity contribution is 5.90. The third-order valence-electron chi connectivity index (χ3n) is 7.67. The van der Waals surface area contributed by atoms with Crippen molar-refractivity contribution in [1.29, 1.82) is 0 Å².